The van der Waals surface area contributed by atoms with E-state index in [1.165, 1.54) is 116 Å². The molecule has 0 radical (unpaired) electrons. The van der Waals surface area contributed by atoms with Gasteiger partial charge in [0.05, 0.1) is 27.7 Å². The van der Waals surface area contributed by atoms with E-state index < -0.39 is 26.5 Å². The highest BCUT2D eigenvalue weighted by atomic mass is 31.2. The van der Waals surface area contributed by atoms with Gasteiger partial charge in [0.2, 0.25) is 0 Å². The fourth-order valence-corrected chi connectivity index (χ4v) is 6.97. The lowest BCUT2D eigenvalue weighted by atomic mass is 10.0. The topological polar surface area (TPSA) is 108 Å². The molecule has 9 nitrogen and oxygen atoms in total. The lowest BCUT2D eigenvalue weighted by Gasteiger charge is -2.24. The van der Waals surface area contributed by atoms with Crippen LogP contribution in [-0.2, 0) is 32.7 Å². The van der Waals surface area contributed by atoms with Crippen molar-refractivity contribution in [1.82, 2.24) is 0 Å². The summed E-state index contributed by atoms with van der Waals surface area (Å²) in [7, 11) is 1.48. The van der Waals surface area contributed by atoms with Crippen LogP contribution in [0.4, 0.5) is 0 Å². The smallest absolute Gasteiger partial charge is 0.462 e. The van der Waals surface area contributed by atoms with E-state index in [9.17, 15) is 19.0 Å². The molecule has 2 atom stereocenters. The van der Waals surface area contributed by atoms with Crippen LogP contribution < -0.4 is 0 Å². The van der Waals surface area contributed by atoms with Gasteiger partial charge < -0.3 is 18.9 Å². The second kappa shape index (κ2) is 37.3. The molecule has 0 aliphatic rings. The Morgan fingerprint density at radius 1 is 0.556 bits per heavy atom. The zero-order valence-corrected chi connectivity index (χ0v) is 36.9. The van der Waals surface area contributed by atoms with Crippen LogP contribution in [0, 0.1) is 0 Å². The Morgan fingerprint density at radius 2 is 0.963 bits per heavy atom. The lowest BCUT2D eigenvalue weighted by molar-refractivity contribution is -0.870. The van der Waals surface area contributed by atoms with Crippen LogP contribution in [0.5, 0.6) is 0 Å². The summed E-state index contributed by atoms with van der Waals surface area (Å²) in [5, 5.41) is 0. The van der Waals surface area contributed by atoms with Crippen LogP contribution in [0.15, 0.2) is 12.2 Å². The van der Waals surface area contributed by atoms with Gasteiger partial charge in [-0.05, 0) is 32.1 Å². The van der Waals surface area contributed by atoms with Crippen molar-refractivity contribution in [3.8, 4) is 0 Å². The Bertz CT molecular complexity index is 938. The Balaban J connectivity index is 4.24. The Morgan fingerprint density at radius 3 is 1.43 bits per heavy atom. The maximum Gasteiger partial charge on any atom is 0.472 e. The van der Waals surface area contributed by atoms with Crippen molar-refractivity contribution in [1.29, 1.82) is 0 Å². The molecular formula is C44H87NO8P+. The third kappa shape index (κ3) is 40.4. The number of unbranched alkanes of at least 4 members (excludes halogenated alkanes) is 25. The Hall–Kier alpha value is -1.25. The van der Waals surface area contributed by atoms with Gasteiger partial charge in [0.1, 0.15) is 19.8 Å². The van der Waals surface area contributed by atoms with Gasteiger partial charge in [-0.15, -0.1) is 0 Å². The molecule has 0 aromatic heterocycles. The van der Waals surface area contributed by atoms with Gasteiger partial charge in [-0.3, -0.25) is 18.6 Å². The van der Waals surface area contributed by atoms with Gasteiger partial charge in [-0.1, -0.05) is 174 Å². The summed E-state index contributed by atoms with van der Waals surface area (Å²) in [4.78, 5) is 35.3. The van der Waals surface area contributed by atoms with E-state index in [1.54, 1.807) is 0 Å². The maximum atomic E-state index is 12.6. The molecule has 0 aromatic carbocycles. The number of hydrogen-bond donors (Lipinski definition) is 1. The van der Waals surface area contributed by atoms with Crippen LogP contribution >= 0.6 is 7.82 Å². The Labute approximate surface area is 333 Å². The number of hydrogen-bond acceptors (Lipinski definition) is 7. The van der Waals surface area contributed by atoms with E-state index in [0.29, 0.717) is 23.9 Å². The minimum atomic E-state index is -4.37. The molecule has 54 heavy (non-hydrogen) atoms. The molecule has 0 aliphatic heterocycles. The van der Waals surface area contributed by atoms with Crippen LogP contribution in [0.3, 0.4) is 0 Å². The summed E-state index contributed by atoms with van der Waals surface area (Å²) in [5.41, 5.74) is 0. The SMILES string of the molecule is CCCC/C=C\CCCCCCCC(=O)OC(COC(=O)CCCCCCCCCCCCCCCCCCCCC)COP(=O)(O)OCC[N+](C)(C)C. The first kappa shape index (κ1) is 52.8. The molecule has 0 bridgehead atoms. The van der Waals surface area contributed by atoms with Gasteiger partial charge >= 0.3 is 19.8 Å². The molecule has 1 N–H and O–H groups in total. The summed E-state index contributed by atoms with van der Waals surface area (Å²) in [6.07, 6.45) is 38.3. The summed E-state index contributed by atoms with van der Waals surface area (Å²) in [6, 6.07) is 0. The molecule has 0 heterocycles. The van der Waals surface area contributed by atoms with Crippen molar-refractivity contribution in [3.05, 3.63) is 12.2 Å². The molecule has 10 heteroatoms. The largest absolute Gasteiger partial charge is 0.472 e. The molecule has 2 unspecified atom stereocenters. The third-order valence-corrected chi connectivity index (χ3v) is 10.8. The van der Waals surface area contributed by atoms with Gasteiger partial charge in [0.15, 0.2) is 6.10 Å². The highest BCUT2D eigenvalue weighted by Gasteiger charge is 2.27. The minimum absolute atomic E-state index is 0.0330. The number of phosphoric acid groups is 1. The average Bonchev–Trinajstić information content (AvgIpc) is 3.12. The van der Waals surface area contributed by atoms with Crippen molar-refractivity contribution in [2.75, 3.05) is 47.5 Å². The van der Waals surface area contributed by atoms with Crippen molar-refractivity contribution < 1.29 is 42.1 Å². The zero-order valence-electron chi connectivity index (χ0n) is 36.0. The number of rotatable bonds is 41. The van der Waals surface area contributed by atoms with Gasteiger partial charge in [-0.2, -0.15) is 0 Å². The average molecular weight is 789 g/mol. The number of carbonyl (C=O) groups excluding carboxylic acids is 2. The van der Waals surface area contributed by atoms with Crippen molar-refractivity contribution in [2.45, 2.75) is 213 Å². The van der Waals surface area contributed by atoms with Crippen molar-refractivity contribution in [2.24, 2.45) is 0 Å². The number of likely N-dealkylation sites (N-methyl/N-ethyl adjacent to an activating group) is 1. The normalized spacial score (nSPS) is 13.7. The van der Waals surface area contributed by atoms with Crippen LogP contribution in [-0.4, -0.2) is 74.9 Å². The number of carbonyl (C=O) groups is 2. The number of phosphoric ester groups is 1. The van der Waals surface area contributed by atoms with Crippen molar-refractivity contribution in [3.63, 3.8) is 0 Å². The summed E-state index contributed by atoms with van der Waals surface area (Å²) >= 11 is 0. The zero-order chi connectivity index (χ0) is 40.0. The van der Waals surface area contributed by atoms with Crippen molar-refractivity contribution >= 4 is 19.8 Å². The van der Waals surface area contributed by atoms with Gasteiger partial charge in [-0.25, -0.2) is 4.57 Å². The van der Waals surface area contributed by atoms with E-state index in [0.717, 1.165) is 57.8 Å². The molecule has 0 saturated carbocycles. The molecule has 0 amide bonds. The first-order valence-electron chi connectivity index (χ1n) is 22.4. The summed E-state index contributed by atoms with van der Waals surface area (Å²) in [5.74, 6) is -0.800. The first-order chi connectivity index (χ1) is 26.0. The van der Waals surface area contributed by atoms with E-state index >= 15 is 0 Å². The molecular weight excluding hydrogens is 701 g/mol. The standard InChI is InChI=1S/C44H86NO8P/c1-6-8-10-12-14-16-18-19-20-21-22-23-24-25-27-28-30-32-34-36-43(46)50-40-42(41-52-54(48,49)51-39-38-45(3,4)5)53-44(47)37-35-33-31-29-26-17-15-13-11-9-7-2/h13,15,42H,6-12,14,16-41H2,1-5H3/p+1/b15-13-. The second-order valence-corrected chi connectivity index (χ2v) is 17.9. The van der Waals surface area contributed by atoms with E-state index in [1.807, 2.05) is 21.1 Å². The predicted octanol–water partition coefficient (Wildman–Crippen LogP) is 12.6. The monoisotopic (exact) mass is 789 g/mol. The van der Waals surface area contributed by atoms with E-state index in [2.05, 4.69) is 26.0 Å². The minimum Gasteiger partial charge on any atom is -0.462 e. The first-order valence-corrected chi connectivity index (χ1v) is 23.9. The number of nitrogens with zero attached hydrogens (tertiary/aromatic N) is 1. The molecule has 0 rings (SSSR count). The Kier molecular flexibility index (Phi) is 36.5. The highest BCUT2D eigenvalue weighted by Crippen LogP contribution is 2.43. The summed E-state index contributed by atoms with van der Waals surface area (Å²) < 4.78 is 34.3. The number of esters is 2. The van der Waals surface area contributed by atoms with E-state index in [4.69, 9.17) is 18.5 Å². The second-order valence-electron chi connectivity index (χ2n) is 16.4. The molecule has 0 aromatic rings. The van der Waals surface area contributed by atoms with Gasteiger partial charge in [0.25, 0.3) is 0 Å². The summed E-state index contributed by atoms with van der Waals surface area (Å²) in [6.45, 7) is 4.40. The lowest BCUT2D eigenvalue weighted by Crippen LogP contribution is -2.37. The number of quaternary nitrogens is 1. The van der Waals surface area contributed by atoms with Crippen LogP contribution in [0.25, 0.3) is 0 Å². The quantitative estimate of drug-likeness (QED) is 0.0214. The molecule has 0 saturated heterocycles. The fourth-order valence-electron chi connectivity index (χ4n) is 6.23. The van der Waals surface area contributed by atoms with Crippen LogP contribution in [0.2, 0.25) is 0 Å². The van der Waals surface area contributed by atoms with E-state index in [-0.39, 0.29) is 25.6 Å². The molecule has 0 spiro atoms. The predicted molar refractivity (Wildman–Crippen MR) is 224 cm³/mol. The van der Waals surface area contributed by atoms with Crippen LogP contribution in [0.1, 0.15) is 206 Å². The molecule has 0 fully saturated rings. The highest BCUT2D eigenvalue weighted by molar-refractivity contribution is 7.47. The number of allylic oxidation sites excluding steroid dienone is 2. The maximum absolute atomic E-state index is 12.6. The molecule has 0 aliphatic carbocycles. The third-order valence-electron chi connectivity index (χ3n) is 9.80. The fraction of sp³-hybridized carbons (Fsp3) is 0.909. The van der Waals surface area contributed by atoms with Gasteiger partial charge in [0, 0.05) is 12.8 Å². The number of ether oxygens (including phenoxy) is 2. The molecule has 320 valence electrons.